The summed E-state index contributed by atoms with van der Waals surface area (Å²) in [4.78, 5) is 15.7. The highest BCUT2D eigenvalue weighted by Gasteiger charge is 2.52. The highest BCUT2D eigenvalue weighted by molar-refractivity contribution is 7.93. The maximum absolute atomic E-state index is 14.1. The number of benzene rings is 2. The van der Waals surface area contributed by atoms with E-state index in [0.29, 0.717) is 62.6 Å². The lowest BCUT2D eigenvalue weighted by molar-refractivity contribution is -0.133. The van der Waals surface area contributed by atoms with Gasteiger partial charge < -0.3 is 14.4 Å². The lowest BCUT2D eigenvalue weighted by Crippen LogP contribution is -2.57. The SMILES string of the molecule is COCCN1CCC(C(=O)NO)(S(=O)(=O)c2ccc(OCCCc3cc(-c4ccc(F)cc4F)cs3)cc2)CC1.Cl. The van der Waals surface area contributed by atoms with Crippen molar-refractivity contribution >= 4 is 39.5 Å². The quantitative estimate of drug-likeness (QED) is 0.167. The third-order valence-corrected chi connectivity index (χ3v) is 10.7. The van der Waals surface area contributed by atoms with Crippen molar-refractivity contribution in [3.63, 3.8) is 0 Å². The number of methoxy groups -OCH3 is 1. The first kappa shape index (κ1) is 32.9. The molecule has 1 aliphatic rings. The molecule has 1 aromatic heterocycles. The molecule has 0 spiro atoms. The number of hydrogen-bond donors (Lipinski definition) is 2. The molecular formula is C28H33ClF2N2O6S2. The molecule has 8 nitrogen and oxygen atoms in total. The van der Waals surface area contributed by atoms with Gasteiger partial charge in [-0.25, -0.2) is 22.7 Å². The van der Waals surface area contributed by atoms with Crippen molar-refractivity contribution in [1.82, 2.24) is 10.4 Å². The average molecular weight is 631 g/mol. The molecule has 2 aromatic carbocycles. The van der Waals surface area contributed by atoms with E-state index in [-0.39, 0.29) is 30.1 Å². The Morgan fingerprint density at radius 1 is 1.10 bits per heavy atom. The summed E-state index contributed by atoms with van der Waals surface area (Å²) in [6, 6.07) is 11.3. The van der Waals surface area contributed by atoms with Gasteiger partial charge in [0.25, 0.3) is 5.91 Å². The summed E-state index contributed by atoms with van der Waals surface area (Å²) < 4.78 is 63.5. The Labute approximate surface area is 248 Å². The zero-order valence-electron chi connectivity index (χ0n) is 22.5. The summed E-state index contributed by atoms with van der Waals surface area (Å²) >= 11 is 1.49. The molecule has 0 saturated carbocycles. The topological polar surface area (TPSA) is 105 Å². The van der Waals surface area contributed by atoms with Crippen LogP contribution in [0, 0.1) is 11.6 Å². The Hall–Kier alpha value is -2.61. The van der Waals surface area contributed by atoms with E-state index >= 15 is 0 Å². The van der Waals surface area contributed by atoms with Crippen LogP contribution >= 0.6 is 23.7 Å². The number of rotatable bonds is 12. The summed E-state index contributed by atoms with van der Waals surface area (Å²) in [5, 5.41) is 11.2. The number of halogens is 3. The predicted molar refractivity (Wildman–Crippen MR) is 155 cm³/mol. The van der Waals surface area contributed by atoms with Crippen LogP contribution in [0.25, 0.3) is 11.1 Å². The number of carbonyl (C=O) groups excluding carboxylic acids is 1. The van der Waals surface area contributed by atoms with Gasteiger partial charge in [0, 0.05) is 43.3 Å². The second-order valence-corrected chi connectivity index (χ2v) is 12.9. The van der Waals surface area contributed by atoms with Crippen molar-refractivity contribution in [2.45, 2.75) is 35.3 Å². The zero-order chi connectivity index (χ0) is 28.8. The van der Waals surface area contributed by atoms with Crippen LogP contribution in [0.15, 0.2) is 58.8 Å². The first-order valence-electron chi connectivity index (χ1n) is 12.9. The van der Waals surface area contributed by atoms with Crippen LogP contribution in [0.3, 0.4) is 0 Å². The van der Waals surface area contributed by atoms with Gasteiger partial charge in [-0.3, -0.25) is 10.0 Å². The Morgan fingerprint density at radius 3 is 2.44 bits per heavy atom. The van der Waals surface area contributed by atoms with Crippen LogP contribution in [0.4, 0.5) is 8.78 Å². The molecule has 0 unspecified atom stereocenters. The fraction of sp³-hybridized carbons (Fsp3) is 0.393. The van der Waals surface area contributed by atoms with Gasteiger partial charge in [-0.2, -0.15) is 0 Å². The monoisotopic (exact) mass is 630 g/mol. The first-order valence-corrected chi connectivity index (χ1v) is 15.2. The molecule has 2 N–H and O–H groups in total. The standard InChI is InChI=1S/C28H32F2N2O6S2.ClH/c1-37-16-14-32-12-10-28(11-13-32,27(33)31-34)40(35,36)24-7-5-22(6-8-24)38-15-2-3-23-17-20(19-39-23)25-9-4-21(29)18-26(25)30;/h4-9,17-19,34H,2-3,10-16H2,1H3,(H,31,33);1H. The van der Waals surface area contributed by atoms with Crippen LogP contribution in [0.1, 0.15) is 24.1 Å². The van der Waals surface area contributed by atoms with Crippen LogP contribution in [-0.4, -0.2) is 69.1 Å². The molecule has 3 aromatic rings. The van der Waals surface area contributed by atoms with Gasteiger partial charge in [-0.05, 0) is 79.1 Å². The van der Waals surface area contributed by atoms with Crippen LogP contribution < -0.4 is 10.2 Å². The minimum Gasteiger partial charge on any atom is -0.494 e. The van der Waals surface area contributed by atoms with E-state index in [9.17, 15) is 27.2 Å². The van der Waals surface area contributed by atoms with Gasteiger partial charge in [-0.1, -0.05) is 0 Å². The van der Waals surface area contributed by atoms with E-state index < -0.39 is 32.1 Å². The van der Waals surface area contributed by atoms with Gasteiger partial charge in [0.15, 0.2) is 14.6 Å². The number of thiophene rings is 1. The number of sulfone groups is 1. The van der Waals surface area contributed by atoms with Crippen molar-refractivity contribution < 1.29 is 36.7 Å². The summed E-state index contributed by atoms with van der Waals surface area (Å²) in [6.45, 7) is 2.25. The Morgan fingerprint density at radius 2 is 1.80 bits per heavy atom. The number of likely N-dealkylation sites (tertiary alicyclic amines) is 1. The maximum Gasteiger partial charge on any atom is 0.265 e. The third kappa shape index (κ3) is 7.43. The van der Waals surface area contributed by atoms with Crippen LogP contribution in [0.2, 0.25) is 0 Å². The minimum absolute atomic E-state index is 0. The summed E-state index contributed by atoms with van der Waals surface area (Å²) in [5.41, 5.74) is 2.62. The van der Waals surface area contributed by atoms with Crippen LogP contribution in [0.5, 0.6) is 5.75 Å². The number of ether oxygens (including phenoxy) is 2. The number of hydroxylamine groups is 1. The Bertz CT molecular complexity index is 1410. The van der Waals surface area contributed by atoms with Crippen LogP contribution in [-0.2, 0) is 25.8 Å². The van der Waals surface area contributed by atoms with Crippen molar-refractivity contribution in [3.05, 3.63) is 70.4 Å². The maximum atomic E-state index is 14.1. The molecule has 13 heteroatoms. The molecule has 1 fully saturated rings. The molecule has 0 bridgehead atoms. The molecule has 1 saturated heterocycles. The number of hydrogen-bond acceptors (Lipinski definition) is 8. The minimum atomic E-state index is -4.11. The third-order valence-electron chi connectivity index (χ3n) is 7.17. The van der Waals surface area contributed by atoms with Crippen molar-refractivity contribution in [2.75, 3.05) is 40.0 Å². The molecule has 0 aliphatic carbocycles. The number of aryl methyl sites for hydroxylation is 1. The highest BCUT2D eigenvalue weighted by atomic mass is 35.5. The Kier molecular flexibility index (Phi) is 11.7. The van der Waals surface area contributed by atoms with E-state index in [1.54, 1.807) is 24.7 Å². The van der Waals surface area contributed by atoms with Gasteiger partial charge in [0.1, 0.15) is 17.4 Å². The van der Waals surface area contributed by atoms with E-state index in [2.05, 4.69) is 0 Å². The Balaban J connectivity index is 0.00000462. The van der Waals surface area contributed by atoms with Crippen molar-refractivity contribution in [3.8, 4) is 16.9 Å². The summed E-state index contributed by atoms with van der Waals surface area (Å²) in [7, 11) is -2.53. The summed E-state index contributed by atoms with van der Waals surface area (Å²) in [5.74, 6) is -1.67. The average Bonchev–Trinajstić information content (AvgIpc) is 3.42. The summed E-state index contributed by atoms with van der Waals surface area (Å²) in [6.07, 6.45) is 1.45. The molecule has 41 heavy (non-hydrogen) atoms. The number of nitrogens with zero attached hydrogens (tertiary/aromatic N) is 1. The largest absolute Gasteiger partial charge is 0.494 e. The highest BCUT2D eigenvalue weighted by Crippen LogP contribution is 2.36. The number of piperidine rings is 1. The van der Waals surface area contributed by atoms with Gasteiger partial charge in [0.05, 0.1) is 18.1 Å². The molecule has 0 atom stereocenters. The van der Waals surface area contributed by atoms with Crippen molar-refractivity contribution in [1.29, 1.82) is 0 Å². The van der Waals surface area contributed by atoms with Gasteiger partial charge in [-0.15, -0.1) is 23.7 Å². The first-order chi connectivity index (χ1) is 19.2. The molecule has 4 rings (SSSR count). The van der Waals surface area contributed by atoms with E-state index in [1.165, 1.54) is 35.6 Å². The smallest absolute Gasteiger partial charge is 0.265 e. The number of amides is 1. The van der Waals surface area contributed by atoms with E-state index in [1.807, 2.05) is 16.3 Å². The predicted octanol–water partition coefficient (Wildman–Crippen LogP) is 4.89. The lowest BCUT2D eigenvalue weighted by Gasteiger charge is -2.39. The second kappa shape index (κ2) is 14.5. The number of carbonyl (C=O) groups is 1. The molecule has 224 valence electrons. The molecular weight excluding hydrogens is 598 g/mol. The molecule has 1 amide bonds. The van der Waals surface area contributed by atoms with E-state index in [0.717, 1.165) is 10.9 Å². The normalized spacial score (nSPS) is 15.2. The molecule has 2 heterocycles. The van der Waals surface area contributed by atoms with Gasteiger partial charge in [0.2, 0.25) is 0 Å². The van der Waals surface area contributed by atoms with E-state index in [4.69, 9.17) is 9.47 Å². The number of nitrogens with one attached hydrogen (secondary N) is 1. The fourth-order valence-corrected chi connectivity index (χ4v) is 7.72. The second-order valence-electron chi connectivity index (χ2n) is 9.62. The molecule has 0 radical (unpaired) electrons. The molecule has 1 aliphatic heterocycles. The lowest BCUT2D eigenvalue weighted by atomic mass is 9.95. The van der Waals surface area contributed by atoms with Gasteiger partial charge >= 0.3 is 0 Å². The fourth-order valence-electron chi connectivity index (χ4n) is 4.83. The zero-order valence-corrected chi connectivity index (χ0v) is 24.9. The van der Waals surface area contributed by atoms with Crippen molar-refractivity contribution in [2.24, 2.45) is 0 Å².